The lowest BCUT2D eigenvalue weighted by Gasteiger charge is -2.30. The van der Waals surface area contributed by atoms with Crippen LogP contribution in [0.3, 0.4) is 0 Å². The van der Waals surface area contributed by atoms with Crippen molar-refractivity contribution >= 4 is 0 Å². The zero-order chi connectivity index (χ0) is 13.1. The molecule has 0 aromatic heterocycles. The van der Waals surface area contributed by atoms with Gasteiger partial charge in [0.15, 0.2) is 0 Å². The topological polar surface area (TPSA) is 21.3 Å². The summed E-state index contributed by atoms with van der Waals surface area (Å²) in [7, 11) is 0. The van der Waals surface area contributed by atoms with Gasteiger partial charge < -0.3 is 10.1 Å². The van der Waals surface area contributed by atoms with Crippen molar-refractivity contribution in [1.29, 1.82) is 0 Å². The van der Waals surface area contributed by atoms with Gasteiger partial charge in [0.2, 0.25) is 0 Å². The van der Waals surface area contributed by atoms with E-state index in [9.17, 15) is 0 Å². The van der Waals surface area contributed by atoms with Crippen LogP contribution in [0.4, 0.5) is 0 Å². The van der Waals surface area contributed by atoms with Crippen LogP contribution in [-0.4, -0.2) is 25.8 Å². The predicted molar refractivity (Wildman–Crippen MR) is 79.0 cm³/mol. The van der Waals surface area contributed by atoms with Crippen LogP contribution in [0, 0.1) is 5.92 Å². The Morgan fingerprint density at radius 2 is 1.83 bits per heavy atom. The van der Waals surface area contributed by atoms with Crippen LogP contribution >= 0.6 is 0 Å². The van der Waals surface area contributed by atoms with Gasteiger partial charge in [0.25, 0.3) is 0 Å². The number of likely N-dealkylation sites (N-methyl/N-ethyl adjacent to an activating group) is 1. The van der Waals surface area contributed by atoms with E-state index in [0.717, 1.165) is 25.7 Å². The quantitative estimate of drug-likeness (QED) is 0.592. The van der Waals surface area contributed by atoms with E-state index in [-0.39, 0.29) is 0 Å². The fourth-order valence-electron chi connectivity index (χ4n) is 3.00. The van der Waals surface area contributed by atoms with Crippen molar-refractivity contribution in [1.82, 2.24) is 5.32 Å². The maximum atomic E-state index is 5.89. The molecule has 0 heterocycles. The minimum Gasteiger partial charge on any atom is -0.380 e. The highest BCUT2D eigenvalue weighted by Crippen LogP contribution is 2.26. The highest BCUT2D eigenvalue weighted by molar-refractivity contribution is 4.78. The Morgan fingerprint density at radius 1 is 1.06 bits per heavy atom. The summed E-state index contributed by atoms with van der Waals surface area (Å²) in [4.78, 5) is 0. The number of hydrogen-bond donors (Lipinski definition) is 1. The van der Waals surface area contributed by atoms with Crippen molar-refractivity contribution in [2.24, 2.45) is 5.92 Å². The van der Waals surface area contributed by atoms with Crippen LogP contribution in [0.2, 0.25) is 0 Å². The molecule has 1 N–H and O–H groups in total. The summed E-state index contributed by atoms with van der Waals surface area (Å²) in [5.74, 6) is 0.856. The molecule has 108 valence electrons. The zero-order valence-electron chi connectivity index (χ0n) is 12.5. The molecule has 1 rings (SSSR count). The molecule has 0 aliphatic heterocycles. The number of rotatable bonds is 10. The molecule has 0 bridgehead atoms. The monoisotopic (exact) mass is 255 g/mol. The molecule has 0 aromatic carbocycles. The third kappa shape index (κ3) is 6.75. The molecule has 2 nitrogen and oxygen atoms in total. The number of hydrogen-bond acceptors (Lipinski definition) is 2. The molecule has 1 fully saturated rings. The molecular weight excluding hydrogens is 222 g/mol. The van der Waals surface area contributed by atoms with Gasteiger partial charge in [-0.1, -0.05) is 52.4 Å². The minimum atomic E-state index is 0.599. The number of nitrogens with one attached hydrogen (secondary N) is 1. The molecule has 0 saturated heterocycles. The average molecular weight is 255 g/mol. The van der Waals surface area contributed by atoms with Crippen LogP contribution in [-0.2, 0) is 4.74 Å². The lowest BCUT2D eigenvalue weighted by Crippen LogP contribution is -2.41. The second kappa shape index (κ2) is 10.8. The molecular formula is C16H33NO. The maximum absolute atomic E-state index is 5.89. The molecule has 0 radical (unpaired) electrons. The van der Waals surface area contributed by atoms with Crippen molar-refractivity contribution < 1.29 is 4.74 Å². The molecule has 1 aliphatic rings. The summed E-state index contributed by atoms with van der Waals surface area (Å²) in [6.45, 7) is 7.40. The lowest BCUT2D eigenvalue weighted by molar-refractivity contribution is 0.0823. The van der Waals surface area contributed by atoms with Crippen LogP contribution in [0.25, 0.3) is 0 Å². The largest absolute Gasteiger partial charge is 0.380 e. The highest BCUT2D eigenvalue weighted by Gasteiger charge is 2.22. The summed E-state index contributed by atoms with van der Waals surface area (Å²) >= 11 is 0. The van der Waals surface area contributed by atoms with Gasteiger partial charge in [-0.05, 0) is 31.7 Å². The molecule has 0 spiro atoms. The van der Waals surface area contributed by atoms with Gasteiger partial charge in [0.05, 0.1) is 6.61 Å². The Kier molecular flexibility index (Phi) is 9.59. The van der Waals surface area contributed by atoms with Crippen molar-refractivity contribution in [3.05, 3.63) is 0 Å². The Balaban J connectivity index is 2.12. The van der Waals surface area contributed by atoms with E-state index >= 15 is 0 Å². The Labute approximate surface area is 114 Å². The third-order valence-corrected chi connectivity index (χ3v) is 4.12. The number of ether oxygens (including phenoxy) is 1. The summed E-state index contributed by atoms with van der Waals surface area (Å²) < 4.78 is 5.89. The fraction of sp³-hybridized carbons (Fsp3) is 1.00. The van der Waals surface area contributed by atoms with E-state index in [4.69, 9.17) is 4.74 Å². The van der Waals surface area contributed by atoms with Gasteiger partial charge in [-0.3, -0.25) is 0 Å². The Hall–Kier alpha value is -0.0800. The van der Waals surface area contributed by atoms with Crippen LogP contribution in [0.15, 0.2) is 0 Å². The zero-order valence-corrected chi connectivity index (χ0v) is 12.5. The first kappa shape index (κ1) is 16.0. The van der Waals surface area contributed by atoms with Gasteiger partial charge in [0, 0.05) is 12.6 Å². The van der Waals surface area contributed by atoms with Crippen LogP contribution in [0.5, 0.6) is 0 Å². The summed E-state index contributed by atoms with van der Waals surface area (Å²) in [5, 5.41) is 3.63. The van der Waals surface area contributed by atoms with E-state index in [0.29, 0.717) is 6.04 Å². The van der Waals surface area contributed by atoms with Crippen LogP contribution in [0.1, 0.15) is 71.6 Å². The van der Waals surface area contributed by atoms with Crippen molar-refractivity contribution in [2.75, 3.05) is 19.8 Å². The van der Waals surface area contributed by atoms with Gasteiger partial charge in [-0.15, -0.1) is 0 Å². The second-order valence-electron chi connectivity index (χ2n) is 5.70. The molecule has 0 aromatic rings. The van der Waals surface area contributed by atoms with Gasteiger partial charge >= 0.3 is 0 Å². The SMILES string of the molecule is CCCCCCOCC(NCC)C1CCCCC1. The van der Waals surface area contributed by atoms with E-state index in [2.05, 4.69) is 19.2 Å². The van der Waals surface area contributed by atoms with Gasteiger partial charge in [-0.2, -0.15) is 0 Å². The molecule has 18 heavy (non-hydrogen) atoms. The highest BCUT2D eigenvalue weighted by atomic mass is 16.5. The summed E-state index contributed by atoms with van der Waals surface area (Å²) in [6, 6.07) is 0.599. The molecule has 2 heteroatoms. The van der Waals surface area contributed by atoms with Crippen molar-refractivity contribution in [3.8, 4) is 0 Å². The van der Waals surface area contributed by atoms with Gasteiger partial charge in [0.1, 0.15) is 0 Å². The maximum Gasteiger partial charge on any atom is 0.0622 e. The first-order valence-electron chi connectivity index (χ1n) is 8.19. The third-order valence-electron chi connectivity index (χ3n) is 4.12. The molecule has 1 unspecified atom stereocenters. The first-order chi connectivity index (χ1) is 8.88. The van der Waals surface area contributed by atoms with Gasteiger partial charge in [-0.25, -0.2) is 0 Å². The molecule has 1 saturated carbocycles. The molecule has 1 atom stereocenters. The average Bonchev–Trinajstić information content (AvgIpc) is 2.42. The lowest BCUT2D eigenvalue weighted by atomic mass is 9.84. The summed E-state index contributed by atoms with van der Waals surface area (Å²) in [6.07, 6.45) is 12.3. The number of unbranched alkanes of at least 4 members (excludes halogenated alkanes) is 3. The Bertz CT molecular complexity index is 178. The van der Waals surface area contributed by atoms with E-state index in [1.807, 2.05) is 0 Å². The molecule has 0 amide bonds. The minimum absolute atomic E-state index is 0.599. The standard InChI is InChI=1S/C16H33NO/c1-3-5-6-10-13-18-14-16(17-4-2)15-11-8-7-9-12-15/h15-17H,3-14H2,1-2H3. The molecule has 1 aliphatic carbocycles. The van der Waals surface area contributed by atoms with Crippen molar-refractivity contribution in [2.45, 2.75) is 77.7 Å². The second-order valence-corrected chi connectivity index (χ2v) is 5.70. The van der Waals surface area contributed by atoms with Crippen LogP contribution < -0.4 is 5.32 Å². The van der Waals surface area contributed by atoms with Crippen molar-refractivity contribution in [3.63, 3.8) is 0 Å². The Morgan fingerprint density at radius 3 is 2.50 bits per heavy atom. The van der Waals surface area contributed by atoms with E-state index in [1.54, 1.807) is 0 Å². The fourth-order valence-corrected chi connectivity index (χ4v) is 3.00. The summed E-state index contributed by atoms with van der Waals surface area (Å²) in [5.41, 5.74) is 0. The first-order valence-corrected chi connectivity index (χ1v) is 8.19. The van der Waals surface area contributed by atoms with E-state index in [1.165, 1.54) is 57.8 Å². The normalized spacial score (nSPS) is 19.0. The van der Waals surface area contributed by atoms with E-state index < -0.39 is 0 Å². The smallest absolute Gasteiger partial charge is 0.0622 e. The predicted octanol–water partition coefficient (Wildman–Crippen LogP) is 4.14.